The van der Waals surface area contributed by atoms with Gasteiger partial charge in [-0.05, 0) is 12.0 Å². The lowest BCUT2D eigenvalue weighted by molar-refractivity contribution is 0.367. The van der Waals surface area contributed by atoms with E-state index in [4.69, 9.17) is 19.9 Å². The second kappa shape index (κ2) is 6.99. The van der Waals surface area contributed by atoms with Crippen LogP contribution in [0.3, 0.4) is 0 Å². The van der Waals surface area contributed by atoms with Gasteiger partial charge >= 0.3 is 0 Å². The third-order valence-corrected chi connectivity index (χ3v) is 3.47. The standard InChI is InChI=1S/C17H21NO3/c1-19-13-9-16(20-2)14(17(10-13)21-3)11-15(18)12-7-5-4-6-8-12/h4-10,15H,11,18H2,1-3H3. The molecule has 2 aromatic rings. The Bertz CT molecular complexity index is 559. The molecule has 2 N–H and O–H groups in total. The van der Waals surface area contributed by atoms with E-state index in [1.54, 1.807) is 21.3 Å². The second-order valence-electron chi connectivity index (χ2n) is 4.73. The van der Waals surface area contributed by atoms with Crippen LogP contribution in [0.5, 0.6) is 17.2 Å². The predicted molar refractivity (Wildman–Crippen MR) is 83.2 cm³/mol. The Morgan fingerprint density at radius 1 is 0.905 bits per heavy atom. The highest BCUT2D eigenvalue weighted by molar-refractivity contribution is 5.51. The molecule has 2 rings (SSSR count). The minimum Gasteiger partial charge on any atom is -0.496 e. The summed E-state index contributed by atoms with van der Waals surface area (Å²) in [4.78, 5) is 0. The van der Waals surface area contributed by atoms with Gasteiger partial charge in [-0.15, -0.1) is 0 Å². The first-order valence-corrected chi connectivity index (χ1v) is 6.79. The molecule has 21 heavy (non-hydrogen) atoms. The van der Waals surface area contributed by atoms with Crippen molar-refractivity contribution in [2.75, 3.05) is 21.3 Å². The molecule has 0 aliphatic heterocycles. The molecular weight excluding hydrogens is 266 g/mol. The first-order valence-electron chi connectivity index (χ1n) is 6.79. The maximum Gasteiger partial charge on any atom is 0.129 e. The quantitative estimate of drug-likeness (QED) is 0.887. The lowest BCUT2D eigenvalue weighted by Crippen LogP contribution is -2.14. The molecule has 0 amide bonds. The molecule has 4 heteroatoms. The van der Waals surface area contributed by atoms with Gasteiger partial charge in [0.15, 0.2) is 0 Å². The summed E-state index contributed by atoms with van der Waals surface area (Å²) in [5, 5.41) is 0. The van der Waals surface area contributed by atoms with Gasteiger partial charge in [0.1, 0.15) is 17.2 Å². The van der Waals surface area contributed by atoms with E-state index in [9.17, 15) is 0 Å². The molecule has 1 atom stereocenters. The van der Waals surface area contributed by atoms with Crippen molar-refractivity contribution < 1.29 is 14.2 Å². The summed E-state index contributed by atoms with van der Waals surface area (Å²) in [7, 11) is 4.88. The lowest BCUT2D eigenvalue weighted by Gasteiger charge is -2.18. The van der Waals surface area contributed by atoms with Gasteiger partial charge < -0.3 is 19.9 Å². The predicted octanol–water partition coefficient (Wildman–Crippen LogP) is 2.95. The normalized spacial score (nSPS) is 11.8. The summed E-state index contributed by atoms with van der Waals surface area (Å²) < 4.78 is 16.2. The maximum absolute atomic E-state index is 6.30. The van der Waals surface area contributed by atoms with Gasteiger partial charge in [0.05, 0.1) is 21.3 Å². The number of hydrogen-bond donors (Lipinski definition) is 1. The molecule has 0 aliphatic rings. The smallest absolute Gasteiger partial charge is 0.129 e. The fourth-order valence-corrected chi connectivity index (χ4v) is 2.32. The van der Waals surface area contributed by atoms with Crippen molar-refractivity contribution in [3.05, 3.63) is 53.6 Å². The van der Waals surface area contributed by atoms with Crippen molar-refractivity contribution in [2.24, 2.45) is 5.73 Å². The minimum absolute atomic E-state index is 0.123. The summed E-state index contributed by atoms with van der Waals surface area (Å²) in [6.45, 7) is 0. The van der Waals surface area contributed by atoms with Crippen molar-refractivity contribution in [3.8, 4) is 17.2 Å². The van der Waals surface area contributed by atoms with Crippen molar-refractivity contribution in [3.63, 3.8) is 0 Å². The van der Waals surface area contributed by atoms with E-state index in [0.717, 1.165) is 22.6 Å². The van der Waals surface area contributed by atoms with Gasteiger partial charge in [-0.2, -0.15) is 0 Å². The number of nitrogens with two attached hydrogens (primary N) is 1. The second-order valence-corrected chi connectivity index (χ2v) is 4.73. The third kappa shape index (κ3) is 3.47. The topological polar surface area (TPSA) is 53.7 Å². The first kappa shape index (κ1) is 15.2. The molecule has 0 spiro atoms. The van der Waals surface area contributed by atoms with E-state index < -0.39 is 0 Å². The van der Waals surface area contributed by atoms with E-state index in [0.29, 0.717) is 12.2 Å². The Balaban J connectivity index is 2.34. The highest BCUT2D eigenvalue weighted by Crippen LogP contribution is 2.36. The number of rotatable bonds is 6. The largest absolute Gasteiger partial charge is 0.496 e. The molecule has 0 saturated carbocycles. The fraction of sp³-hybridized carbons (Fsp3) is 0.294. The molecule has 112 valence electrons. The number of benzene rings is 2. The molecule has 0 bridgehead atoms. The van der Waals surface area contributed by atoms with Crippen LogP contribution < -0.4 is 19.9 Å². The summed E-state index contributed by atoms with van der Waals surface area (Å²) in [5.74, 6) is 2.14. The van der Waals surface area contributed by atoms with Crippen LogP contribution in [0.4, 0.5) is 0 Å². The molecule has 2 aromatic carbocycles. The van der Waals surface area contributed by atoms with Gasteiger partial charge in [0.2, 0.25) is 0 Å². The molecule has 1 unspecified atom stereocenters. The molecule has 0 heterocycles. The highest BCUT2D eigenvalue weighted by atomic mass is 16.5. The summed E-state index contributed by atoms with van der Waals surface area (Å²) in [5.41, 5.74) is 8.33. The van der Waals surface area contributed by atoms with Gasteiger partial charge in [-0.1, -0.05) is 30.3 Å². The van der Waals surface area contributed by atoms with Crippen molar-refractivity contribution in [1.82, 2.24) is 0 Å². The fourth-order valence-electron chi connectivity index (χ4n) is 2.32. The van der Waals surface area contributed by atoms with Gasteiger partial charge in [-0.3, -0.25) is 0 Å². The van der Waals surface area contributed by atoms with Crippen molar-refractivity contribution >= 4 is 0 Å². The van der Waals surface area contributed by atoms with Gasteiger partial charge in [0, 0.05) is 23.7 Å². The lowest BCUT2D eigenvalue weighted by atomic mass is 9.98. The Kier molecular flexibility index (Phi) is 5.06. The Hall–Kier alpha value is -2.20. The van der Waals surface area contributed by atoms with E-state index in [-0.39, 0.29) is 6.04 Å². The zero-order valence-corrected chi connectivity index (χ0v) is 12.6. The molecule has 0 saturated heterocycles. The maximum atomic E-state index is 6.30. The van der Waals surface area contributed by atoms with E-state index >= 15 is 0 Å². The Morgan fingerprint density at radius 3 is 1.95 bits per heavy atom. The minimum atomic E-state index is -0.123. The van der Waals surface area contributed by atoms with Crippen LogP contribution in [0.25, 0.3) is 0 Å². The average Bonchev–Trinajstić information content (AvgIpc) is 2.55. The first-order chi connectivity index (χ1) is 10.2. The number of ether oxygens (including phenoxy) is 3. The van der Waals surface area contributed by atoms with Crippen LogP contribution in [0, 0.1) is 0 Å². The van der Waals surface area contributed by atoms with Crippen LogP contribution >= 0.6 is 0 Å². The van der Waals surface area contributed by atoms with Crippen LogP contribution in [0.2, 0.25) is 0 Å². The molecule has 4 nitrogen and oxygen atoms in total. The summed E-state index contributed by atoms with van der Waals surface area (Å²) in [6, 6.07) is 13.5. The summed E-state index contributed by atoms with van der Waals surface area (Å²) >= 11 is 0. The summed E-state index contributed by atoms with van der Waals surface area (Å²) in [6.07, 6.45) is 0.625. The zero-order valence-electron chi connectivity index (χ0n) is 12.6. The SMILES string of the molecule is COc1cc(OC)c(CC(N)c2ccccc2)c(OC)c1. The van der Waals surface area contributed by atoms with Gasteiger partial charge in [-0.25, -0.2) is 0 Å². The molecule has 0 radical (unpaired) electrons. The zero-order chi connectivity index (χ0) is 15.2. The highest BCUT2D eigenvalue weighted by Gasteiger charge is 2.17. The van der Waals surface area contributed by atoms with E-state index in [1.807, 2.05) is 42.5 Å². The van der Waals surface area contributed by atoms with Crippen molar-refractivity contribution in [2.45, 2.75) is 12.5 Å². The van der Waals surface area contributed by atoms with Crippen LogP contribution in [-0.2, 0) is 6.42 Å². The van der Waals surface area contributed by atoms with Crippen LogP contribution in [0.15, 0.2) is 42.5 Å². The average molecular weight is 287 g/mol. The van der Waals surface area contributed by atoms with Crippen LogP contribution in [-0.4, -0.2) is 21.3 Å². The van der Waals surface area contributed by atoms with Crippen molar-refractivity contribution in [1.29, 1.82) is 0 Å². The number of methoxy groups -OCH3 is 3. The Labute approximate surface area is 125 Å². The third-order valence-electron chi connectivity index (χ3n) is 3.47. The molecule has 0 aliphatic carbocycles. The Morgan fingerprint density at radius 2 is 1.48 bits per heavy atom. The van der Waals surface area contributed by atoms with Gasteiger partial charge in [0.25, 0.3) is 0 Å². The van der Waals surface area contributed by atoms with E-state index in [1.165, 1.54) is 0 Å². The molecular formula is C17H21NO3. The monoisotopic (exact) mass is 287 g/mol. The van der Waals surface area contributed by atoms with Crippen LogP contribution in [0.1, 0.15) is 17.2 Å². The molecule has 0 aromatic heterocycles. The molecule has 0 fully saturated rings. The number of hydrogen-bond acceptors (Lipinski definition) is 4. The van der Waals surface area contributed by atoms with E-state index in [2.05, 4.69) is 0 Å².